The fourth-order valence-electron chi connectivity index (χ4n) is 3.71. The number of fused-ring (bicyclic) bond motifs is 1. The van der Waals surface area contributed by atoms with Crippen LogP contribution in [0.5, 0.6) is 6.01 Å². The number of nitrogens with one attached hydrogen (secondary N) is 1. The van der Waals surface area contributed by atoms with Crippen LogP contribution in [0.4, 0.5) is 23.4 Å². The van der Waals surface area contributed by atoms with Gasteiger partial charge in [-0.05, 0) is 54.7 Å². The van der Waals surface area contributed by atoms with E-state index >= 15 is 0 Å². The molecule has 6 nitrogen and oxygen atoms in total. The predicted molar refractivity (Wildman–Crippen MR) is 129 cm³/mol. The third-order valence-corrected chi connectivity index (χ3v) is 5.39. The lowest BCUT2D eigenvalue weighted by Gasteiger charge is -2.15. The number of hydrogen-bond donors (Lipinski definition) is 1. The molecule has 3 heterocycles. The summed E-state index contributed by atoms with van der Waals surface area (Å²) in [5.41, 5.74) is 0.200. The van der Waals surface area contributed by atoms with E-state index in [1.807, 2.05) is 13.8 Å². The molecule has 4 aromatic rings. The minimum absolute atomic E-state index is 0.0405. The van der Waals surface area contributed by atoms with Crippen molar-refractivity contribution in [1.82, 2.24) is 19.9 Å². The van der Waals surface area contributed by atoms with Gasteiger partial charge in [0.15, 0.2) is 5.65 Å². The largest absolute Gasteiger partial charge is 0.463 e. The maximum Gasteiger partial charge on any atom is 0.418 e. The third-order valence-electron chi connectivity index (χ3n) is 5.39. The number of alkyl halides is 3. The van der Waals surface area contributed by atoms with E-state index in [4.69, 9.17) is 4.74 Å². The Labute approximate surface area is 205 Å². The molecule has 0 fully saturated rings. The summed E-state index contributed by atoms with van der Waals surface area (Å²) in [6, 6.07) is 10.3. The second-order valence-corrected chi connectivity index (χ2v) is 8.75. The van der Waals surface area contributed by atoms with Crippen LogP contribution < -0.4 is 10.1 Å². The number of ether oxygens (including phenoxy) is 1. The van der Waals surface area contributed by atoms with Crippen molar-refractivity contribution in [3.63, 3.8) is 0 Å². The van der Waals surface area contributed by atoms with Crippen molar-refractivity contribution < 1.29 is 22.3 Å². The minimum atomic E-state index is -4.59. The Bertz CT molecular complexity index is 1370. The summed E-state index contributed by atoms with van der Waals surface area (Å²) in [6.45, 7) is 6.38. The fourth-order valence-corrected chi connectivity index (χ4v) is 3.71. The molecule has 0 bridgehead atoms. The molecule has 0 atom stereocenters. The average molecular weight is 500 g/mol. The van der Waals surface area contributed by atoms with E-state index in [1.54, 1.807) is 25.1 Å². The Morgan fingerprint density at radius 1 is 1.03 bits per heavy atom. The van der Waals surface area contributed by atoms with Crippen LogP contribution in [0, 0.1) is 18.7 Å². The highest BCUT2D eigenvalue weighted by atomic mass is 19.4. The predicted octanol–water partition coefficient (Wildman–Crippen LogP) is 6.24. The Morgan fingerprint density at radius 3 is 2.53 bits per heavy atom. The highest BCUT2D eigenvalue weighted by molar-refractivity contribution is 5.91. The monoisotopic (exact) mass is 499 g/mol. The number of aryl methyl sites for hydroxylation is 1. The van der Waals surface area contributed by atoms with Crippen LogP contribution in [-0.4, -0.2) is 33.1 Å². The zero-order valence-electron chi connectivity index (χ0n) is 20.0. The van der Waals surface area contributed by atoms with Gasteiger partial charge in [-0.15, -0.1) is 0 Å². The molecular weight excluding hydrogens is 474 g/mol. The first kappa shape index (κ1) is 25.3. The smallest absolute Gasteiger partial charge is 0.418 e. The minimum Gasteiger partial charge on any atom is -0.463 e. The first-order chi connectivity index (χ1) is 17.1. The van der Waals surface area contributed by atoms with Gasteiger partial charge >= 0.3 is 12.2 Å². The molecule has 188 valence electrons. The zero-order chi connectivity index (χ0) is 25.9. The van der Waals surface area contributed by atoms with Gasteiger partial charge in [0.2, 0.25) is 0 Å². The first-order valence-corrected chi connectivity index (χ1v) is 11.5. The van der Waals surface area contributed by atoms with Crippen LogP contribution in [0.25, 0.3) is 22.4 Å². The molecule has 4 rings (SSSR count). The molecule has 0 spiro atoms. The van der Waals surface area contributed by atoms with Gasteiger partial charge in [0.25, 0.3) is 0 Å². The lowest BCUT2D eigenvalue weighted by Crippen LogP contribution is -2.13. The normalized spacial score (nSPS) is 11.8. The van der Waals surface area contributed by atoms with Crippen LogP contribution in [-0.2, 0) is 12.6 Å². The number of aromatic nitrogens is 4. The number of pyridine rings is 2. The number of halogens is 4. The lowest BCUT2D eigenvalue weighted by atomic mass is 10.1. The quantitative estimate of drug-likeness (QED) is 0.289. The molecular formula is C26H25F4N5O. The van der Waals surface area contributed by atoms with Gasteiger partial charge in [0, 0.05) is 12.7 Å². The topological polar surface area (TPSA) is 72.8 Å². The fraction of sp³-hybridized carbons (Fsp3) is 0.308. The summed E-state index contributed by atoms with van der Waals surface area (Å²) in [5, 5.41) is 3.73. The number of benzene rings is 1. The second kappa shape index (κ2) is 10.4. The molecule has 0 aliphatic carbocycles. The Morgan fingerprint density at radius 2 is 1.81 bits per heavy atom. The molecule has 0 aliphatic heterocycles. The van der Waals surface area contributed by atoms with Gasteiger partial charge in [0.1, 0.15) is 17.3 Å². The summed E-state index contributed by atoms with van der Waals surface area (Å²) in [4.78, 5) is 17.2. The van der Waals surface area contributed by atoms with Crippen LogP contribution in [0.15, 0.2) is 48.7 Å². The average Bonchev–Trinajstić information content (AvgIpc) is 2.83. The van der Waals surface area contributed by atoms with E-state index in [0.29, 0.717) is 41.9 Å². The van der Waals surface area contributed by atoms with Crippen LogP contribution in [0.1, 0.15) is 30.5 Å². The van der Waals surface area contributed by atoms with Gasteiger partial charge in [0.05, 0.1) is 23.3 Å². The van der Waals surface area contributed by atoms with E-state index < -0.39 is 11.7 Å². The summed E-state index contributed by atoms with van der Waals surface area (Å²) < 4.78 is 60.6. The second-order valence-electron chi connectivity index (χ2n) is 8.75. The van der Waals surface area contributed by atoms with E-state index in [2.05, 4.69) is 25.3 Å². The Hall–Kier alpha value is -3.82. The highest BCUT2D eigenvalue weighted by Gasteiger charge is 2.35. The summed E-state index contributed by atoms with van der Waals surface area (Å²) in [6.07, 6.45) is -2.91. The molecule has 0 amide bonds. The molecule has 0 saturated heterocycles. The van der Waals surface area contributed by atoms with Crippen LogP contribution in [0.3, 0.4) is 0 Å². The number of rotatable bonds is 8. The third kappa shape index (κ3) is 5.69. The molecule has 3 aromatic heterocycles. The van der Waals surface area contributed by atoms with E-state index in [-0.39, 0.29) is 34.8 Å². The van der Waals surface area contributed by atoms with Gasteiger partial charge in [-0.2, -0.15) is 23.1 Å². The highest BCUT2D eigenvalue weighted by Crippen LogP contribution is 2.36. The Balaban J connectivity index is 1.76. The molecule has 10 heteroatoms. The number of nitrogens with zero attached hydrogens (tertiary/aromatic N) is 4. The van der Waals surface area contributed by atoms with E-state index in [0.717, 1.165) is 6.07 Å². The van der Waals surface area contributed by atoms with Gasteiger partial charge < -0.3 is 10.1 Å². The maximum absolute atomic E-state index is 14.0. The molecule has 0 unspecified atom stereocenters. The van der Waals surface area contributed by atoms with Crippen molar-refractivity contribution in [2.24, 2.45) is 5.92 Å². The summed E-state index contributed by atoms with van der Waals surface area (Å²) in [7, 11) is 0. The standard InChI is InChI=1S/C26H25F4N5O/c1-15(2)14-36-25-34-23(32-12-10-17-7-4-5-9-19(17)27)21-16(3)13-20(33-24(21)35-25)22-18(26(28,29)30)8-6-11-31-22/h4-9,11,13,15H,10,12,14H2,1-3H3,(H,32,33,34,35). The van der Waals surface area contributed by atoms with Crippen molar-refractivity contribution in [2.45, 2.75) is 33.4 Å². The van der Waals surface area contributed by atoms with Crippen molar-refractivity contribution >= 4 is 16.9 Å². The van der Waals surface area contributed by atoms with Crippen LogP contribution in [0.2, 0.25) is 0 Å². The molecule has 36 heavy (non-hydrogen) atoms. The van der Waals surface area contributed by atoms with E-state index in [1.165, 1.54) is 24.4 Å². The van der Waals surface area contributed by atoms with Gasteiger partial charge in [-0.25, -0.2) is 9.37 Å². The van der Waals surface area contributed by atoms with Crippen molar-refractivity contribution in [2.75, 3.05) is 18.5 Å². The molecule has 0 radical (unpaired) electrons. The van der Waals surface area contributed by atoms with Gasteiger partial charge in [-0.3, -0.25) is 4.98 Å². The number of anilines is 1. The Kier molecular flexibility index (Phi) is 7.32. The van der Waals surface area contributed by atoms with Gasteiger partial charge in [-0.1, -0.05) is 32.0 Å². The molecule has 0 aliphatic rings. The van der Waals surface area contributed by atoms with Crippen molar-refractivity contribution in [1.29, 1.82) is 0 Å². The summed E-state index contributed by atoms with van der Waals surface area (Å²) in [5.74, 6) is 0.306. The first-order valence-electron chi connectivity index (χ1n) is 11.5. The molecule has 1 N–H and O–H groups in total. The van der Waals surface area contributed by atoms with Crippen molar-refractivity contribution in [3.8, 4) is 17.4 Å². The molecule has 1 aromatic carbocycles. The summed E-state index contributed by atoms with van der Waals surface area (Å²) >= 11 is 0. The van der Waals surface area contributed by atoms with E-state index in [9.17, 15) is 17.6 Å². The number of hydrogen-bond acceptors (Lipinski definition) is 6. The van der Waals surface area contributed by atoms with Crippen molar-refractivity contribution in [3.05, 3.63) is 71.2 Å². The maximum atomic E-state index is 14.0. The lowest BCUT2D eigenvalue weighted by molar-refractivity contribution is -0.137. The molecule has 0 saturated carbocycles. The van der Waals surface area contributed by atoms with Crippen LogP contribution >= 0.6 is 0 Å². The zero-order valence-corrected chi connectivity index (χ0v) is 20.0. The SMILES string of the molecule is Cc1cc(-c2ncccc2C(F)(F)F)nc2nc(OCC(C)C)nc(NCCc3ccccc3F)c12.